The first-order chi connectivity index (χ1) is 11.0. The number of amides is 1. The van der Waals surface area contributed by atoms with E-state index in [-0.39, 0.29) is 6.61 Å². The maximum atomic E-state index is 11.9. The van der Waals surface area contributed by atoms with Gasteiger partial charge in [-0.3, -0.25) is 4.79 Å². The number of ether oxygens (including phenoxy) is 2. The van der Waals surface area contributed by atoms with Crippen molar-refractivity contribution in [1.29, 1.82) is 5.26 Å². The van der Waals surface area contributed by atoms with Crippen LogP contribution in [0.4, 0.5) is 5.82 Å². The fraction of sp³-hybridized carbons (Fsp3) is 0.267. The molecule has 23 heavy (non-hydrogen) atoms. The van der Waals surface area contributed by atoms with E-state index in [1.165, 1.54) is 0 Å². The lowest BCUT2D eigenvalue weighted by molar-refractivity contribution is -0.118. The molecule has 120 valence electrons. The molecular weight excluding hydrogens is 366 g/mol. The van der Waals surface area contributed by atoms with Gasteiger partial charge in [0.15, 0.2) is 23.9 Å². The summed E-state index contributed by atoms with van der Waals surface area (Å²) in [7, 11) is 0. The molecule has 0 fully saturated rings. The topological polar surface area (TPSA) is 97.4 Å². The number of nitrogens with zero attached hydrogens (tertiary/aromatic N) is 2. The summed E-state index contributed by atoms with van der Waals surface area (Å²) < 4.78 is 16.4. The first-order valence-corrected chi connectivity index (χ1v) is 7.55. The third-order valence-electron chi connectivity index (χ3n) is 2.68. The molecule has 1 amide bonds. The van der Waals surface area contributed by atoms with Crippen molar-refractivity contribution in [2.24, 2.45) is 0 Å². The summed E-state index contributed by atoms with van der Waals surface area (Å²) in [6, 6.07) is 6.78. The van der Waals surface area contributed by atoms with E-state index in [1.54, 1.807) is 25.1 Å². The summed E-state index contributed by atoms with van der Waals surface area (Å²) in [6.45, 7) is 3.70. The normalized spacial score (nSPS) is 10.0. The first-order valence-electron chi connectivity index (χ1n) is 6.76. The lowest BCUT2D eigenvalue weighted by Crippen LogP contribution is -2.20. The zero-order valence-electron chi connectivity index (χ0n) is 12.6. The van der Waals surface area contributed by atoms with Crippen molar-refractivity contribution in [3.05, 3.63) is 34.0 Å². The minimum atomic E-state index is -0.392. The summed E-state index contributed by atoms with van der Waals surface area (Å²) >= 11 is 3.31. The van der Waals surface area contributed by atoms with Gasteiger partial charge in [-0.15, -0.1) is 0 Å². The number of benzene rings is 1. The van der Waals surface area contributed by atoms with Crippen molar-refractivity contribution in [1.82, 2.24) is 5.16 Å². The van der Waals surface area contributed by atoms with Crippen molar-refractivity contribution in [2.75, 3.05) is 18.5 Å². The zero-order chi connectivity index (χ0) is 16.8. The fourth-order valence-electron chi connectivity index (χ4n) is 1.78. The van der Waals surface area contributed by atoms with E-state index in [0.29, 0.717) is 39.7 Å². The Hall–Kier alpha value is -2.53. The highest BCUT2D eigenvalue weighted by molar-refractivity contribution is 9.10. The van der Waals surface area contributed by atoms with Gasteiger partial charge in [0.25, 0.3) is 5.91 Å². The van der Waals surface area contributed by atoms with Crippen molar-refractivity contribution in [3.8, 4) is 17.6 Å². The third-order valence-corrected chi connectivity index (χ3v) is 3.27. The van der Waals surface area contributed by atoms with E-state index in [9.17, 15) is 4.79 Å². The van der Waals surface area contributed by atoms with Crippen molar-refractivity contribution in [3.63, 3.8) is 0 Å². The SMILES string of the molecule is CCOc1cc(C#N)cc(Br)c1OCC(=O)Nc1cc(C)on1. The third kappa shape index (κ3) is 4.47. The number of anilines is 1. The second kappa shape index (κ2) is 7.65. The van der Waals surface area contributed by atoms with Crippen LogP contribution in [0.3, 0.4) is 0 Å². The Bertz CT molecular complexity index is 752. The maximum absolute atomic E-state index is 11.9. The van der Waals surface area contributed by atoms with Gasteiger partial charge in [-0.05, 0) is 35.8 Å². The Morgan fingerprint density at radius 1 is 1.43 bits per heavy atom. The minimum absolute atomic E-state index is 0.240. The van der Waals surface area contributed by atoms with Gasteiger partial charge in [0.2, 0.25) is 0 Å². The number of nitriles is 1. The zero-order valence-corrected chi connectivity index (χ0v) is 14.1. The second-order valence-corrected chi connectivity index (χ2v) is 5.34. The Labute approximate surface area is 141 Å². The van der Waals surface area contributed by atoms with Crippen molar-refractivity contribution in [2.45, 2.75) is 13.8 Å². The van der Waals surface area contributed by atoms with E-state index in [2.05, 4.69) is 26.4 Å². The summed E-state index contributed by atoms with van der Waals surface area (Å²) in [5.74, 6) is 1.27. The Kier molecular flexibility index (Phi) is 5.60. The van der Waals surface area contributed by atoms with Gasteiger partial charge in [0.05, 0.1) is 22.7 Å². The van der Waals surface area contributed by atoms with Crippen LogP contribution in [-0.2, 0) is 4.79 Å². The van der Waals surface area contributed by atoms with Crippen LogP contribution in [0.25, 0.3) is 0 Å². The molecule has 2 rings (SSSR count). The number of rotatable bonds is 6. The molecule has 8 heteroatoms. The van der Waals surface area contributed by atoms with Crippen LogP contribution < -0.4 is 14.8 Å². The second-order valence-electron chi connectivity index (χ2n) is 4.49. The lowest BCUT2D eigenvalue weighted by Gasteiger charge is -2.13. The highest BCUT2D eigenvalue weighted by Crippen LogP contribution is 2.36. The van der Waals surface area contributed by atoms with Crippen LogP contribution in [0.5, 0.6) is 11.5 Å². The molecule has 0 spiro atoms. The number of nitrogens with one attached hydrogen (secondary N) is 1. The Morgan fingerprint density at radius 2 is 2.22 bits per heavy atom. The molecule has 1 aromatic heterocycles. The Morgan fingerprint density at radius 3 is 2.83 bits per heavy atom. The van der Waals surface area contributed by atoms with Crippen molar-refractivity contribution >= 4 is 27.7 Å². The molecule has 2 aromatic rings. The standard InChI is InChI=1S/C15H14BrN3O4/c1-3-21-12-6-10(7-17)5-11(16)15(12)22-8-14(20)18-13-4-9(2)23-19-13/h4-6H,3,8H2,1-2H3,(H,18,19,20). The average Bonchev–Trinajstić information content (AvgIpc) is 2.91. The molecular formula is C15H14BrN3O4. The maximum Gasteiger partial charge on any atom is 0.263 e. The van der Waals surface area contributed by atoms with Crippen molar-refractivity contribution < 1.29 is 18.8 Å². The predicted octanol–water partition coefficient (Wildman–Crippen LogP) is 3.03. The number of aromatic nitrogens is 1. The molecule has 0 radical (unpaired) electrons. The number of aryl methyl sites for hydroxylation is 1. The molecule has 0 saturated carbocycles. The number of carbonyl (C=O) groups excluding carboxylic acids is 1. The summed E-state index contributed by atoms with van der Waals surface area (Å²) in [5.41, 5.74) is 0.426. The molecule has 0 saturated heterocycles. The van der Waals surface area contributed by atoms with Crippen LogP contribution in [0, 0.1) is 18.3 Å². The van der Waals surface area contributed by atoms with E-state index in [0.717, 1.165) is 0 Å². The average molecular weight is 380 g/mol. The highest BCUT2D eigenvalue weighted by atomic mass is 79.9. The predicted molar refractivity (Wildman–Crippen MR) is 85.4 cm³/mol. The molecule has 0 bridgehead atoms. The number of carbonyl (C=O) groups is 1. The van der Waals surface area contributed by atoms with Crippen LogP contribution in [0.2, 0.25) is 0 Å². The van der Waals surface area contributed by atoms with Gasteiger partial charge in [-0.2, -0.15) is 5.26 Å². The van der Waals surface area contributed by atoms with E-state index < -0.39 is 5.91 Å². The van der Waals surface area contributed by atoms with Gasteiger partial charge in [0.1, 0.15) is 5.76 Å². The minimum Gasteiger partial charge on any atom is -0.490 e. The van der Waals surface area contributed by atoms with Crippen LogP contribution >= 0.6 is 15.9 Å². The van der Waals surface area contributed by atoms with Crippen LogP contribution in [-0.4, -0.2) is 24.3 Å². The van der Waals surface area contributed by atoms with E-state index in [1.807, 2.05) is 13.0 Å². The molecule has 1 heterocycles. The van der Waals surface area contributed by atoms with Gasteiger partial charge < -0.3 is 19.3 Å². The van der Waals surface area contributed by atoms with E-state index >= 15 is 0 Å². The number of hydrogen-bond acceptors (Lipinski definition) is 6. The molecule has 0 unspecified atom stereocenters. The van der Waals surface area contributed by atoms with Crippen LogP contribution in [0.1, 0.15) is 18.2 Å². The smallest absolute Gasteiger partial charge is 0.263 e. The van der Waals surface area contributed by atoms with Gasteiger partial charge in [-0.25, -0.2) is 0 Å². The summed E-state index contributed by atoms with van der Waals surface area (Å²) in [4.78, 5) is 11.9. The summed E-state index contributed by atoms with van der Waals surface area (Å²) in [5, 5.41) is 15.2. The monoisotopic (exact) mass is 379 g/mol. The van der Waals surface area contributed by atoms with E-state index in [4.69, 9.17) is 19.3 Å². The van der Waals surface area contributed by atoms with Gasteiger partial charge in [-0.1, -0.05) is 5.16 Å². The largest absolute Gasteiger partial charge is 0.490 e. The molecule has 1 aromatic carbocycles. The molecule has 1 N–H and O–H groups in total. The quantitative estimate of drug-likeness (QED) is 0.828. The van der Waals surface area contributed by atoms with Gasteiger partial charge in [0, 0.05) is 12.1 Å². The Balaban J connectivity index is 2.07. The number of hydrogen-bond donors (Lipinski definition) is 1. The molecule has 0 atom stereocenters. The molecule has 0 aliphatic carbocycles. The molecule has 7 nitrogen and oxygen atoms in total. The van der Waals surface area contributed by atoms with Gasteiger partial charge >= 0.3 is 0 Å². The highest BCUT2D eigenvalue weighted by Gasteiger charge is 2.14. The lowest BCUT2D eigenvalue weighted by atomic mass is 10.2. The van der Waals surface area contributed by atoms with Crippen LogP contribution in [0.15, 0.2) is 27.2 Å². The fourth-order valence-corrected chi connectivity index (χ4v) is 2.33. The molecule has 0 aliphatic rings. The number of halogens is 1. The summed E-state index contributed by atoms with van der Waals surface area (Å²) in [6.07, 6.45) is 0. The molecule has 0 aliphatic heterocycles. The first kappa shape index (κ1) is 16.8.